The number of hydrogen-bond acceptors (Lipinski definition) is 3. The highest BCUT2D eigenvalue weighted by atomic mass is 19.4. The SMILES string of the molecule is N#Cc1cc2c(nc1-c1ccc(CN3CCC[C@@H]3C(F)(F)F)cc1)CCC2. The molecule has 1 aromatic carbocycles. The van der Waals surface area contributed by atoms with Crippen LogP contribution >= 0.6 is 0 Å². The molecular weight excluding hydrogens is 351 g/mol. The van der Waals surface area contributed by atoms with E-state index >= 15 is 0 Å². The van der Waals surface area contributed by atoms with E-state index in [1.54, 1.807) is 0 Å². The maximum atomic E-state index is 13.1. The minimum Gasteiger partial charge on any atom is -0.288 e. The lowest BCUT2D eigenvalue weighted by atomic mass is 10.0. The molecule has 0 amide bonds. The highest BCUT2D eigenvalue weighted by molar-refractivity contribution is 5.67. The Kier molecular flexibility index (Phi) is 4.65. The van der Waals surface area contributed by atoms with Crippen molar-refractivity contribution in [1.82, 2.24) is 9.88 Å². The number of rotatable bonds is 3. The summed E-state index contributed by atoms with van der Waals surface area (Å²) in [6.45, 7) is 0.754. The van der Waals surface area contributed by atoms with Gasteiger partial charge in [0.05, 0.1) is 11.3 Å². The van der Waals surface area contributed by atoms with Gasteiger partial charge in [-0.25, -0.2) is 0 Å². The summed E-state index contributed by atoms with van der Waals surface area (Å²) in [5.74, 6) is 0. The van der Waals surface area contributed by atoms with Crippen LogP contribution in [0.2, 0.25) is 0 Å². The van der Waals surface area contributed by atoms with E-state index < -0.39 is 12.2 Å². The van der Waals surface area contributed by atoms with Gasteiger partial charge in [-0.3, -0.25) is 9.88 Å². The van der Waals surface area contributed by atoms with Crippen molar-refractivity contribution in [2.75, 3.05) is 6.54 Å². The van der Waals surface area contributed by atoms with Crippen molar-refractivity contribution >= 4 is 0 Å². The van der Waals surface area contributed by atoms with E-state index in [1.165, 1.54) is 4.90 Å². The van der Waals surface area contributed by atoms with Crippen LogP contribution in [-0.2, 0) is 19.4 Å². The quantitative estimate of drug-likeness (QED) is 0.789. The van der Waals surface area contributed by atoms with Crippen molar-refractivity contribution < 1.29 is 13.2 Å². The maximum Gasteiger partial charge on any atom is 0.404 e. The first-order valence-corrected chi connectivity index (χ1v) is 9.28. The van der Waals surface area contributed by atoms with Crippen molar-refractivity contribution in [3.05, 3.63) is 52.7 Å². The molecule has 27 heavy (non-hydrogen) atoms. The molecule has 0 saturated carbocycles. The van der Waals surface area contributed by atoms with Crippen molar-refractivity contribution in [3.63, 3.8) is 0 Å². The summed E-state index contributed by atoms with van der Waals surface area (Å²) in [4.78, 5) is 6.19. The van der Waals surface area contributed by atoms with E-state index in [4.69, 9.17) is 0 Å². The minimum atomic E-state index is -4.17. The fourth-order valence-corrected chi connectivity index (χ4v) is 4.17. The summed E-state index contributed by atoms with van der Waals surface area (Å²) in [5.41, 5.74) is 5.10. The molecule has 1 aromatic heterocycles. The van der Waals surface area contributed by atoms with Crippen LogP contribution in [0, 0.1) is 11.3 Å². The molecule has 0 radical (unpaired) electrons. The Hall–Kier alpha value is -2.39. The molecule has 6 heteroatoms. The van der Waals surface area contributed by atoms with Gasteiger partial charge in [-0.2, -0.15) is 18.4 Å². The molecule has 1 atom stereocenters. The zero-order chi connectivity index (χ0) is 19.0. The van der Waals surface area contributed by atoms with Crippen LogP contribution in [0.1, 0.15) is 41.6 Å². The molecule has 0 spiro atoms. The lowest BCUT2D eigenvalue weighted by Crippen LogP contribution is -2.40. The second-order valence-electron chi connectivity index (χ2n) is 7.32. The van der Waals surface area contributed by atoms with Crippen LogP contribution in [0.25, 0.3) is 11.3 Å². The molecule has 0 unspecified atom stereocenters. The van der Waals surface area contributed by atoms with Crippen molar-refractivity contribution in [1.29, 1.82) is 5.26 Å². The Labute approximate surface area is 156 Å². The lowest BCUT2D eigenvalue weighted by molar-refractivity contribution is -0.177. The topological polar surface area (TPSA) is 39.9 Å². The third kappa shape index (κ3) is 3.57. The van der Waals surface area contributed by atoms with E-state index in [-0.39, 0.29) is 13.0 Å². The molecular formula is C21H20F3N3. The number of fused-ring (bicyclic) bond motifs is 1. The number of halogens is 3. The normalized spacial score (nSPS) is 19.9. The molecule has 2 heterocycles. The molecule has 1 saturated heterocycles. The summed E-state index contributed by atoms with van der Waals surface area (Å²) < 4.78 is 39.3. The first-order valence-electron chi connectivity index (χ1n) is 9.28. The number of pyridine rings is 1. The smallest absolute Gasteiger partial charge is 0.288 e. The molecule has 2 aliphatic rings. The van der Waals surface area contributed by atoms with Gasteiger partial charge < -0.3 is 0 Å². The van der Waals surface area contributed by atoms with E-state index in [1.807, 2.05) is 30.3 Å². The fraction of sp³-hybridized carbons (Fsp3) is 0.429. The van der Waals surface area contributed by atoms with Crippen LogP contribution < -0.4 is 0 Å². The van der Waals surface area contributed by atoms with Crippen LogP contribution in [0.5, 0.6) is 0 Å². The van der Waals surface area contributed by atoms with Gasteiger partial charge in [0.2, 0.25) is 0 Å². The van der Waals surface area contributed by atoms with Crippen molar-refractivity contribution in [2.24, 2.45) is 0 Å². The second kappa shape index (κ2) is 6.97. The third-order valence-corrected chi connectivity index (χ3v) is 5.53. The van der Waals surface area contributed by atoms with Crippen LogP contribution in [0.4, 0.5) is 13.2 Å². The second-order valence-corrected chi connectivity index (χ2v) is 7.32. The summed E-state index contributed by atoms with van der Waals surface area (Å²) in [5, 5.41) is 9.46. The number of hydrogen-bond donors (Lipinski definition) is 0. The fourth-order valence-electron chi connectivity index (χ4n) is 4.17. The number of alkyl halides is 3. The predicted octanol–water partition coefficient (Wildman–Crippen LogP) is 4.64. The van der Waals surface area contributed by atoms with E-state index in [9.17, 15) is 18.4 Å². The number of nitrogens with zero attached hydrogens (tertiary/aromatic N) is 3. The van der Waals surface area contributed by atoms with E-state index in [0.717, 1.165) is 41.6 Å². The van der Waals surface area contributed by atoms with Gasteiger partial charge in [-0.05, 0) is 55.8 Å². The number of nitriles is 1. The monoisotopic (exact) mass is 371 g/mol. The molecule has 1 fully saturated rings. The zero-order valence-electron chi connectivity index (χ0n) is 14.9. The molecule has 0 N–H and O–H groups in total. The number of aromatic nitrogens is 1. The number of likely N-dealkylation sites (tertiary alicyclic amines) is 1. The molecule has 140 valence electrons. The molecule has 3 nitrogen and oxygen atoms in total. The molecule has 1 aliphatic carbocycles. The summed E-state index contributed by atoms with van der Waals surface area (Å²) in [6.07, 6.45) is -0.469. The van der Waals surface area contributed by atoms with Gasteiger partial charge in [-0.1, -0.05) is 24.3 Å². The summed E-state index contributed by atoms with van der Waals surface area (Å²) in [7, 11) is 0. The predicted molar refractivity (Wildman–Crippen MR) is 95.9 cm³/mol. The largest absolute Gasteiger partial charge is 0.404 e. The molecule has 1 aliphatic heterocycles. The Balaban J connectivity index is 1.56. The minimum absolute atomic E-state index is 0.173. The summed E-state index contributed by atoms with van der Waals surface area (Å²) >= 11 is 0. The Morgan fingerprint density at radius 3 is 2.63 bits per heavy atom. The van der Waals surface area contributed by atoms with Crippen molar-refractivity contribution in [2.45, 2.75) is 50.9 Å². The standard InChI is InChI=1S/C21H20F3N3/c22-21(23,24)19-5-2-10-27(19)13-14-6-8-15(9-7-14)20-17(12-25)11-16-3-1-4-18(16)26-20/h6-9,11,19H,1-5,10,13H2/t19-/m1/s1. The Morgan fingerprint density at radius 2 is 1.93 bits per heavy atom. The van der Waals surface area contributed by atoms with Gasteiger partial charge in [-0.15, -0.1) is 0 Å². The average Bonchev–Trinajstić information content (AvgIpc) is 3.29. The van der Waals surface area contributed by atoms with Crippen LogP contribution in [0.3, 0.4) is 0 Å². The van der Waals surface area contributed by atoms with Crippen LogP contribution in [0.15, 0.2) is 30.3 Å². The van der Waals surface area contributed by atoms with Gasteiger partial charge in [0, 0.05) is 17.8 Å². The zero-order valence-corrected chi connectivity index (χ0v) is 14.9. The molecule has 2 aromatic rings. The van der Waals surface area contributed by atoms with Gasteiger partial charge in [0.25, 0.3) is 0 Å². The van der Waals surface area contributed by atoms with Crippen LogP contribution in [-0.4, -0.2) is 28.6 Å². The highest BCUT2D eigenvalue weighted by Gasteiger charge is 2.45. The van der Waals surface area contributed by atoms with Gasteiger partial charge in [0.15, 0.2) is 0 Å². The average molecular weight is 371 g/mol. The molecule has 0 bridgehead atoms. The lowest BCUT2D eigenvalue weighted by Gasteiger charge is -2.26. The van der Waals surface area contributed by atoms with E-state index in [0.29, 0.717) is 24.2 Å². The first-order chi connectivity index (χ1) is 13.0. The third-order valence-electron chi connectivity index (χ3n) is 5.53. The van der Waals surface area contributed by atoms with E-state index in [2.05, 4.69) is 11.1 Å². The first kappa shape index (κ1) is 18.0. The number of benzene rings is 1. The Morgan fingerprint density at radius 1 is 1.15 bits per heavy atom. The maximum absolute atomic E-state index is 13.1. The molecule has 4 rings (SSSR count). The van der Waals surface area contributed by atoms with Gasteiger partial charge >= 0.3 is 6.18 Å². The van der Waals surface area contributed by atoms with Crippen molar-refractivity contribution in [3.8, 4) is 17.3 Å². The van der Waals surface area contributed by atoms with Gasteiger partial charge in [0.1, 0.15) is 12.1 Å². The summed E-state index contributed by atoms with van der Waals surface area (Å²) in [6, 6.07) is 10.2. The highest BCUT2D eigenvalue weighted by Crippen LogP contribution is 2.34. The Bertz CT molecular complexity index is 881. The number of aryl methyl sites for hydroxylation is 2.